The predicted octanol–water partition coefficient (Wildman–Crippen LogP) is 2.62. The van der Waals surface area contributed by atoms with Crippen molar-refractivity contribution in [2.75, 3.05) is 18.5 Å². The maximum atomic E-state index is 8.96. The fraction of sp³-hybridized carbons (Fsp3) is 0.455. The van der Waals surface area contributed by atoms with Crippen molar-refractivity contribution >= 4 is 17.3 Å². The van der Waals surface area contributed by atoms with Crippen LogP contribution in [0.3, 0.4) is 0 Å². The first-order valence-corrected chi connectivity index (χ1v) is 5.33. The summed E-state index contributed by atoms with van der Waals surface area (Å²) in [5.41, 5.74) is 2.41. The van der Waals surface area contributed by atoms with E-state index in [1.54, 1.807) is 0 Å². The Kier molecular flexibility index (Phi) is 2.94. The largest absolute Gasteiger partial charge is 0.396 e. The molecule has 0 saturated heterocycles. The van der Waals surface area contributed by atoms with Gasteiger partial charge in [-0.05, 0) is 42.5 Å². The standard InChI is InChI=1S/C11H14ClNO/c12-9-1-2-11-10(7-9)8(4-6-14)3-5-13-11/h1-2,7-8,13-14H,3-6H2. The summed E-state index contributed by atoms with van der Waals surface area (Å²) >= 11 is 5.95. The smallest absolute Gasteiger partial charge is 0.0436 e. The summed E-state index contributed by atoms with van der Waals surface area (Å²) < 4.78 is 0. The van der Waals surface area contributed by atoms with Crippen molar-refractivity contribution in [1.82, 2.24) is 0 Å². The minimum Gasteiger partial charge on any atom is -0.396 e. The van der Waals surface area contributed by atoms with E-state index in [9.17, 15) is 0 Å². The zero-order valence-electron chi connectivity index (χ0n) is 7.96. The Morgan fingerprint density at radius 1 is 1.50 bits per heavy atom. The molecule has 0 fully saturated rings. The number of hydrogen-bond donors (Lipinski definition) is 2. The van der Waals surface area contributed by atoms with Crippen molar-refractivity contribution in [3.8, 4) is 0 Å². The fourth-order valence-electron chi connectivity index (χ4n) is 2.02. The van der Waals surface area contributed by atoms with Crippen LogP contribution in [-0.2, 0) is 0 Å². The molecular weight excluding hydrogens is 198 g/mol. The molecule has 2 N–H and O–H groups in total. The van der Waals surface area contributed by atoms with Crippen LogP contribution in [0.1, 0.15) is 24.3 Å². The molecule has 1 aromatic rings. The van der Waals surface area contributed by atoms with Gasteiger partial charge < -0.3 is 10.4 Å². The number of aliphatic hydroxyl groups is 1. The Hall–Kier alpha value is -0.730. The molecule has 2 rings (SSSR count). The third-order valence-corrected chi connectivity index (χ3v) is 2.97. The molecule has 1 atom stereocenters. The van der Waals surface area contributed by atoms with Gasteiger partial charge in [0, 0.05) is 23.9 Å². The Morgan fingerprint density at radius 3 is 3.14 bits per heavy atom. The van der Waals surface area contributed by atoms with E-state index in [0.717, 1.165) is 24.4 Å². The van der Waals surface area contributed by atoms with Crippen LogP contribution in [0.5, 0.6) is 0 Å². The van der Waals surface area contributed by atoms with Crippen molar-refractivity contribution < 1.29 is 5.11 Å². The normalized spacial score (nSPS) is 20.0. The van der Waals surface area contributed by atoms with Gasteiger partial charge in [0.1, 0.15) is 0 Å². The van der Waals surface area contributed by atoms with Gasteiger partial charge in [-0.15, -0.1) is 0 Å². The highest BCUT2D eigenvalue weighted by atomic mass is 35.5. The van der Waals surface area contributed by atoms with E-state index in [1.807, 2.05) is 18.2 Å². The molecule has 1 aliphatic rings. The number of halogens is 1. The van der Waals surface area contributed by atoms with Crippen LogP contribution in [0.25, 0.3) is 0 Å². The number of nitrogens with one attached hydrogen (secondary N) is 1. The first kappa shape index (κ1) is 9.81. The van der Waals surface area contributed by atoms with E-state index in [0.29, 0.717) is 5.92 Å². The molecule has 2 nitrogen and oxygen atoms in total. The second kappa shape index (κ2) is 4.20. The summed E-state index contributed by atoms with van der Waals surface area (Å²) in [5, 5.41) is 13.1. The van der Waals surface area contributed by atoms with Crippen LogP contribution < -0.4 is 5.32 Å². The Balaban J connectivity index is 2.32. The quantitative estimate of drug-likeness (QED) is 0.788. The lowest BCUT2D eigenvalue weighted by atomic mass is 9.89. The molecule has 1 aliphatic heterocycles. The van der Waals surface area contributed by atoms with Crippen LogP contribution >= 0.6 is 11.6 Å². The molecule has 0 saturated carbocycles. The average molecular weight is 212 g/mol. The van der Waals surface area contributed by atoms with Gasteiger partial charge in [0.25, 0.3) is 0 Å². The fourth-order valence-corrected chi connectivity index (χ4v) is 2.21. The summed E-state index contributed by atoms with van der Waals surface area (Å²) in [6.45, 7) is 1.23. The van der Waals surface area contributed by atoms with Gasteiger partial charge in [-0.1, -0.05) is 11.6 Å². The number of hydrogen-bond acceptors (Lipinski definition) is 2. The number of rotatable bonds is 2. The molecular formula is C11H14ClNO. The number of benzene rings is 1. The Labute approximate surface area is 88.9 Å². The first-order chi connectivity index (χ1) is 6.81. The second-order valence-corrected chi connectivity index (χ2v) is 4.09. The van der Waals surface area contributed by atoms with Crippen molar-refractivity contribution in [2.24, 2.45) is 0 Å². The molecule has 1 aromatic carbocycles. The van der Waals surface area contributed by atoms with Gasteiger partial charge in [-0.2, -0.15) is 0 Å². The van der Waals surface area contributed by atoms with Crippen molar-refractivity contribution in [1.29, 1.82) is 0 Å². The molecule has 0 spiro atoms. The zero-order chi connectivity index (χ0) is 9.97. The highest BCUT2D eigenvalue weighted by Crippen LogP contribution is 2.35. The van der Waals surface area contributed by atoms with E-state index in [-0.39, 0.29) is 6.61 Å². The third kappa shape index (κ3) is 1.86. The van der Waals surface area contributed by atoms with Gasteiger partial charge in [-0.3, -0.25) is 0 Å². The second-order valence-electron chi connectivity index (χ2n) is 3.66. The molecule has 0 aromatic heterocycles. The monoisotopic (exact) mass is 211 g/mol. The van der Waals surface area contributed by atoms with Gasteiger partial charge in [0.15, 0.2) is 0 Å². The van der Waals surface area contributed by atoms with Crippen molar-refractivity contribution in [3.63, 3.8) is 0 Å². The first-order valence-electron chi connectivity index (χ1n) is 4.95. The van der Waals surface area contributed by atoms with Gasteiger partial charge in [-0.25, -0.2) is 0 Å². The van der Waals surface area contributed by atoms with Crippen LogP contribution in [0.2, 0.25) is 5.02 Å². The van der Waals surface area contributed by atoms with Crippen LogP contribution in [-0.4, -0.2) is 18.3 Å². The van der Waals surface area contributed by atoms with E-state index in [4.69, 9.17) is 16.7 Å². The predicted molar refractivity (Wildman–Crippen MR) is 59.0 cm³/mol. The molecule has 76 valence electrons. The minimum absolute atomic E-state index is 0.247. The molecule has 0 bridgehead atoms. The number of fused-ring (bicyclic) bond motifs is 1. The van der Waals surface area contributed by atoms with E-state index in [1.165, 1.54) is 11.3 Å². The lowest BCUT2D eigenvalue weighted by Crippen LogP contribution is -2.17. The Morgan fingerprint density at radius 2 is 2.36 bits per heavy atom. The zero-order valence-corrected chi connectivity index (χ0v) is 8.72. The van der Waals surface area contributed by atoms with Crippen LogP contribution in [0, 0.1) is 0 Å². The minimum atomic E-state index is 0.247. The van der Waals surface area contributed by atoms with Crippen molar-refractivity contribution in [3.05, 3.63) is 28.8 Å². The summed E-state index contributed by atoms with van der Waals surface area (Å²) in [5.74, 6) is 0.454. The van der Waals surface area contributed by atoms with Crippen LogP contribution in [0.4, 0.5) is 5.69 Å². The summed E-state index contributed by atoms with van der Waals surface area (Å²) in [4.78, 5) is 0. The van der Waals surface area contributed by atoms with E-state index >= 15 is 0 Å². The van der Waals surface area contributed by atoms with E-state index < -0.39 is 0 Å². The molecule has 0 radical (unpaired) electrons. The summed E-state index contributed by atoms with van der Waals surface area (Å²) in [7, 11) is 0. The molecule has 0 aliphatic carbocycles. The van der Waals surface area contributed by atoms with Gasteiger partial charge in [0.05, 0.1) is 0 Å². The van der Waals surface area contributed by atoms with E-state index in [2.05, 4.69) is 5.32 Å². The maximum Gasteiger partial charge on any atom is 0.0436 e. The number of anilines is 1. The molecule has 1 heterocycles. The lowest BCUT2D eigenvalue weighted by Gasteiger charge is -2.26. The summed E-state index contributed by atoms with van der Waals surface area (Å²) in [6.07, 6.45) is 1.91. The molecule has 14 heavy (non-hydrogen) atoms. The van der Waals surface area contributed by atoms with Gasteiger partial charge in [0.2, 0.25) is 0 Å². The maximum absolute atomic E-state index is 8.96. The van der Waals surface area contributed by atoms with Crippen molar-refractivity contribution in [2.45, 2.75) is 18.8 Å². The lowest BCUT2D eigenvalue weighted by molar-refractivity contribution is 0.273. The average Bonchev–Trinajstić information content (AvgIpc) is 2.19. The van der Waals surface area contributed by atoms with Gasteiger partial charge >= 0.3 is 0 Å². The topological polar surface area (TPSA) is 32.3 Å². The Bertz CT molecular complexity index is 327. The molecule has 0 amide bonds. The number of aliphatic hydroxyl groups excluding tert-OH is 1. The molecule has 1 unspecified atom stereocenters. The third-order valence-electron chi connectivity index (χ3n) is 2.74. The highest BCUT2D eigenvalue weighted by molar-refractivity contribution is 6.30. The summed E-state index contributed by atoms with van der Waals surface area (Å²) in [6, 6.07) is 5.92. The molecule has 3 heteroatoms. The highest BCUT2D eigenvalue weighted by Gasteiger charge is 2.19. The SMILES string of the molecule is OCCC1CCNc2ccc(Cl)cc21. The van der Waals surface area contributed by atoms with Crippen LogP contribution in [0.15, 0.2) is 18.2 Å².